The summed E-state index contributed by atoms with van der Waals surface area (Å²) in [5.74, 6) is -0.418. The fraction of sp³-hybridized carbons (Fsp3) is 0.304. The van der Waals surface area contributed by atoms with E-state index in [9.17, 15) is 19.7 Å². The summed E-state index contributed by atoms with van der Waals surface area (Å²) in [6.45, 7) is 4.72. The van der Waals surface area contributed by atoms with Crippen LogP contribution in [0.5, 0.6) is 5.75 Å². The van der Waals surface area contributed by atoms with Crippen molar-refractivity contribution in [3.05, 3.63) is 69.9 Å². The number of carbonyl (C=O) groups excluding carboxylic acids is 2. The molecule has 9 nitrogen and oxygen atoms in total. The van der Waals surface area contributed by atoms with Crippen molar-refractivity contribution >= 4 is 28.8 Å². The SMILES string of the molecule is COc1cccc(N2C(=O)C(c3ccc([N+](=O)[O-])cc3)=C(N3CC(C)OC(C)C3)C2=O)c1. The number of anilines is 1. The molecule has 2 heterocycles. The lowest BCUT2D eigenvalue weighted by molar-refractivity contribution is -0.384. The van der Waals surface area contributed by atoms with Gasteiger partial charge >= 0.3 is 0 Å². The van der Waals surface area contributed by atoms with Crippen LogP contribution < -0.4 is 9.64 Å². The van der Waals surface area contributed by atoms with Crippen LogP contribution in [0.15, 0.2) is 54.2 Å². The lowest BCUT2D eigenvalue weighted by Crippen LogP contribution is -2.47. The van der Waals surface area contributed by atoms with Gasteiger partial charge in [-0.2, -0.15) is 0 Å². The van der Waals surface area contributed by atoms with Gasteiger partial charge in [0.25, 0.3) is 17.5 Å². The Hall–Kier alpha value is -3.72. The van der Waals surface area contributed by atoms with Gasteiger partial charge in [-0.05, 0) is 43.7 Å². The van der Waals surface area contributed by atoms with Crippen molar-refractivity contribution in [3.63, 3.8) is 0 Å². The molecule has 0 saturated carbocycles. The Bertz CT molecular complexity index is 1100. The minimum absolute atomic E-state index is 0.0917. The van der Waals surface area contributed by atoms with E-state index in [0.29, 0.717) is 30.1 Å². The van der Waals surface area contributed by atoms with Gasteiger partial charge < -0.3 is 14.4 Å². The van der Waals surface area contributed by atoms with Crippen molar-refractivity contribution in [2.24, 2.45) is 0 Å². The minimum atomic E-state index is -0.505. The van der Waals surface area contributed by atoms with Crippen molar-refractivity contribution in [1.29, 1.82) is 0 Å². The summed E-state index contributed by atoms with van der Waals surface area (Å²) in [4.78, 5) is 40.7. The van der Waals surface area contributed by atoms with Gasteiger partial charge in [0.1, 0.15) is 11.4 Å². The van der Waals surface area contributed by atoms with Crippen molar-refractivity contribution in [2.45, 2.75) is 26.1 Å². The Morgan fingerprint density at radius 3 is 2.28 bits per heavy atom. The number of hydrogen-bond acceptors (Lipinski definition) is 7. The largest absolute Gasteiger partial charge is 0.497 e. The van der Waals surface area contributed by atoms with Gasteiger partial charge in [0, 0.05) is 31.3 Å². The molecule has 166 valence electrons. The summed E-state index contributed by atoms with van der Waals surface area (Å²) < 4.78 is 11.0. The molecule has 0 aliphatic carbocycles. The fourth-order valence-corrected chi connectivity index (χ4v) is 4.17. The van der Waals surface area contributed by atoms with Crippen molar-refractivity contribution in [3.8, 4) is 5.75 Å². The molecule has 0 bridgehead atoms. The number of morpholine rings is 1. The van der Waals surface area contributed by atoms with E-state index in [1.165, 1.54) is 31.4 Å². The zero-order chi connectivity index (χ0) is 23.0. The number of benzene rings is 2. The molecule has 2 atom stereocenters. The van der Waals surface area contributed by atoms with Gasteiger partial charge in [0.15, 0.2) is 0 Å². The first-order valence-corrected chi connectivity index (χ1v) is 10.2. The fourth-order valence-electron chi connectivity index (χ4n) is 4.17. The molecule has 2 unspecified atom stereocenters. The molecule has 32 heavy (non-hydrogen) atoms. The highest BCUT2D eigenvalue weighted by Gasteiger charge is 2.44. The van der Waals surface area contributed by atoms with Crippen molar-refractivity contribution < 1.29 is 24.0 Å². The number of hydrogen-bond donors (Lipinski definition) is 0. The molecule has 1 saturated heterocycles. The summed E-state index contributed by atoms with van der Waals surface area (Å²) in [6.07, 6.45) is -0.253. The number of rotatable bonds is 5. The molecule has 0 radical (unpaired) electrons. The van der Waals surface area contributed by atoms with Crippen molar-refractivity contribution in [2.75, 3.05) is 25.1 Å². The topological polar surface area (TPSA) is 102 Å². The summed E-state index contributed by atoms with van der Waals surface area (Å²) in [7, 11) is 1.51. The third-order valence-electron chi connectivity index (χ3n) is 5.47. The van der Waals surface area contributed by atoms with Gasteiger partial charge in [-0.3, -0.25) is 19.7 Å². The number of ether oxygens (including phenoxy) is 2. The number of imide groups is 1. The van der Waals surface area contributed by atoms with E-state index in [2.05, 4.69) is 0 Å². The Labute approximate surface area is 185 Å². The maximum Gasteiger partial charge on any atom is 0.282 e. The van der Waals surface area contributed by atoms with Crippen LogP contribution in [0.1, 0.15) is 19.4 Å². The quantitative estimate of drug-likeness (QED) is 0.402. The predicted molar refractivity (Wildman–Crippen MR) is 117 cm³/mol. The predicted octanol–water partition coefficient (Wildman–Crippen LogP) is 3.00. The van der Waals surface area contributed by atoms with E-state index in [-0.39, 0.29) is 29.2 Å². The minimum Gasteiger partial charge on any atom is -0.497 e. The maximum atomic E-state index is 13.6. The molecule has 2 aromatic rings. The summed E-state index contributed by atoms with van der Waals surface area (Å²) in [5, 5.41) is 11.1. The molecular formula is C23H23N3O6. The van der Waals surface area contributed by atoms with Crippen LogP contribution in [0, 0.1) is 10.1 Å². The highest BCUT2D eigenvalue weighted by Crippen LogP contribution is 2.37. The number of nitrogens with zero attached hydrogens (tertiary/aromatic N) is 3. The Morgan fingerprint density at radius 2 is 1.69 bits per heavy atom. The third-order valence-corrected chi connectivity index (χ3v) is 5.47. The Morgan fingerprint density at radius 1 is 1.03 bits per heavy atom. The Balaban J connectivity index is 1.83. The van der Waals surface area contributed by atoms with Crippen LogP contribution in [-0.4, -0.2) is 54.0 Å². The van der Waals surface area contributed by atoms with Crippen molar-refractivity contribution in [1.82, 2.24) is 4.90 Å². The van der Waals surface area contributed by atoms with Gasteiger partial charge in [-0.25, -0.2) is 4.90 Å². The van der Waals surface area contributed by atoms with Gasteiger partial charge in [-0.15, -0.1) is 0 Å². The van der Waals surface area contributed by atoms with Crippen LogP contribution in [-0.2, 0) is 14.3 Å². The van der Waals surface area contributed by atoms with E-state index in [1.54, 1.807) is 24.3 Å². The maximum absolute atomic E-state index is 13.6. The molecule has 2 aromatic carbocycles. The van der Waals surface area contributed by atoms with Crippen LogP contribution in [0.25, 0.3) is 5.57 Å². The molecule has 4 rings (SSSR count). The van der Waals surface area contributed by atoms with Crippen LogP contribution in [0.3, 0.4) is 0 Å². The second kappa shape index (κ2) is 8.43. The van der Waals surface area contributed by atoms with Gasteiger partial charge in [0.2, 0.25) is 0 Å². The highest BCUT2D eigenvalue weighted by molar-refractivity contribution is 6.45. The number of amides is 2. The number of nitro benzene ring substituents is 1. The van der Waals surface area contributed by atoms with Crippen LogP contribution in [0.2, 0.25) is 0 Å². The van der Waals surface area contributed by atoms with E-state index >= 15 is 0 Å². The normalized spacial score (nSPS) is 21.3. The molecule has 0 aromatic heterocycles. The second-order valence-corrected chi connectivity index (χ2v) is 7.84. The summed E-state index contributed by atoms with van der Waals surface area (Å²) >= 11 is 0. The average Bonchev–Trinajstić information content (AvgIpc) is 3.03. The first kappa shape index (κ1) is 21.5. The molecule has 2 amide bonds. The Kier molecular flexibility index (Phi) is 5.67. The smallest absolute Gasteiger partial charge is 0.282 e. The zero-order valence-corrected chi connectivity index (χ0v) is 18.0. The summed E-state index contributed by atoms with van der Waals surface area (Å²) in [5.41, 5.74) is 1.23. The molecule has 0 spiro atoms. The number of methoxy groups -OCH3 is 1. The monoisotopic (exact) mass is 437 g/mol. The number of non-ortho nitro benzene ring substituents is 1. The summed E-state index contributed by atoms with van der Waals surface area (Å²) in [6, 6.07) is 12.4. The van der Waals surface area contributed by atoms with E-state index in [1.807, 2.05) is 18.7 Å². The standard InChI is InChI=1S/C23H23N3O6/c1-14-12-24(13-15(2)32-14)21-20(16-7-9-17(10-8-16)26(29)30)22(27)25(23(21)28)18-5-4-6-19(11-18)31-3/h4-11,14-15H,12-13H2,1-3H3. The lowest BCUT2D eigenvalue weighted by Gasteiger charge is -2.37. The molecule has 1 fully saturated rings. The van der Waals surface area contributed by atoms with E-state index in [4.69, 9.17) is 9.47 Å². The first-order valence-electron chi connectivity index (χ1n) is 10.2. The van der Waals surface area contributed by atoms with Gasteiger partial charge in [-0.1, -0.05) is 6.07 Å². The van der Waals surface area contributed by atoms with E-state index in [0.717, 1.165) is 4.90 Å². The highest BCUT2D eigenvalue weighted by atomic mass is 16.6. The zero-order valence-electron chi connectivity index (χ0n) is 18.0. The molecule has 0 N–H and O–H groups in total. The van der Waals surface area contributed by atoms with Crippen LogP contribution in [0.4, 0.5) is 11.4 Å². The van der Waals surface area contributed by atoms with Gasteiger partial charge in [0.05, 0.1) is 35.5 Å². The molecular weight excluding hydrogens is 414 g/mol. The average molecular weight is 437 g/mol. The number of carbonyl (C=O) groups is 2. The van der Waals surface area contributed by atoms with E-state index < -0.39 is 16.7 Å². The van der Waals surface area contributed by atoms with Crippen LogP contribution >= 0.6 is 0 Å². The first-order chi connectivity index (χ1) is 15.3. The second-order valence-electron chi connectivity index (χ2n) is 7.84. The molecule has 9 heteroatoms. The number of nitro groups is 1. The lowest BCUT2D eigenvalue weighted by atomic mass is 10.0. The third kappa shape index (κ3) is 3.82. The molecule has 2 aliphatic heterocycles. The molecule has 2 aliphatic rings.